The molecule has 1 N–H and O–H groups in total. The van der Waals surface area contributed by atoms with Crippen LogP contribution in [-0.2, 0) is 0 Å². The van der Waals surface area contributed by atoms with Crippen molar-refractivity contribution in [2.24, 2.45) is 5.92 Å². The maximum absolute atomic E-state index is 3.51. The molecule has 2 heteroatoms. The summed E-state index contributed by atoms with van der Waals surface area (Å²) in [4.78, 5) is 2.47. The lowest BCUT2D eigenvalue weighted by Crippen LogP contribution is -2.24. The highest BCUT2D eigenvalue weighted by Crippen LogP contribution is 2.15. The Kier molecular flexibility index (Phi) is 8.36. The average molecular weight is 276 g/mol. The zero-order valence-electron chi connectivity index (χ0n) is 13.8. The Labute approximate surface area is 125 Å². The van der Waals surface area contributed by atoms with Crippen LogP contribution in [0.5, 0.6) is 0 Å². The molecule has 0 unspecified atom stereocenters. The van der Waals surface area contributed by atoms with Gasteiger partial charge in [0.15, 0.2) is 0 Å². The van der Waals surface area contributed by atoms with Crippen LogP contribution in [0.15, 0.2) is 24.3 Å². The van der Waals surface area contributed by atoms with Crippen LogP contribution in [-0.4, -0.2) is 26.2 Å². The summed E-state index contributed by atoms with van der Waals surface area (Å²) in [5.74, 6) is 0.757. The highest BCUT2D eigenvalue weighted by molar-refractivity contribution is 5.47. The number of nitrogens with one attached hydrogen (secondary N) is 1. The summed E-state index contributed by atoms with van der Waals surface area (Å²) < 4.78 is 0. The van der Waals surface area contributed by atoms with E-state index in [9.17, 15) is 0 Å². The number of nitrogens with zero attached hydrogens (tertiary/aromatic N) is 1. The molecule has 0 bridgehead atoms. The Morgan fingerprint density at radius 3 is 2.35 bits per heavy atom. The third-order valence-corrected chi connectivity index (χ3v) is 3.62. The molecule has 0 aliphatic carbocycles. The smallest absolute Gasteiger partial charge is 0.0366 e. The fourth-order valence-electron chi connectivity index (χ4n) is 2.35. The van der Waals surface area contributed by atoms with Gasteiger partial charge in [0, 0.05) is 18.8 Å². The number of rotatable bonds is 10. The second-order valence-electron chi connectivity index (χ2n) is 6.07. The summed E-state index contributed by atoms with van der Waals surface area (Å²) in [5, 5.41) is 3.51. The zero-order valence-corrected chi connectivity index (χ0v) is 13.8. The lowest BCUT2D eigenvalue weighted by atomic mass is 10.2. The summed E-state index contributed by atoms with van der Waals surface area (Å²) in [6, 6.07) is 8.88. The molecule has 0 atom stereocenters. The topological polar surface area (TPSA) is 15.3 Å². The molecule has 114 valence electrons. The van der Waals surface area contributed by atoms with Gasteiger partial charge in [-0.05, 0) is 57.8 Å². The Morgan fingerprint density at radius 2 is 1.75 bits per heavy atom. The summed E-state index contributed by atoms with van der Waals surface area (Å²) in [5.41, 5.74) is 2.69. The molecule has 1 aromatic carbocycles. The molecule has 0 aliphatic heterocycles. The molecule has 0 saturated heterocycles. The molecule has 2 nitrogen and oxygen atoms in total. The zero-order chi connectivity index (χ0) is 14.8. The van der Waals surface area contributed by atoms with E-state index in [0.29, 0.717) is 0 Å². The quantitative estimate of drug-likeness (QED) is 0.643. The normalized spacial score (nSPS) is 11.1. The van der Waals surface area contributed by atoms with Crippen molar-refractivity contribution in [1.82, 2.24) is 5.32 Å². The molecular weight excluding hydrogens is 244 g/mol. The van der Waals surface area contributed by atoms with Crippen molar-refractivity contribution < 1.29 is 0 Å². The van der Waals surface area contributed by atoms with Crippen LogP contribution in [0, 0.1) is 12.8 Å². The van der Waals surface area contributed by atoms with Gasteiger partial charge in [0.1, 0.15) is 0 Å². The molecule has 0 amide bonds. The SMILES string of the molecule is CCN(CCCCCNCC(C)C)c1ccc(C)cc1. The lowest BCUT2D eigenvalue weighted by Gasteiger charge is -2.23. The highest BCUT2D eigenvalue weighted by atomic mass is 15.1. The average Bonchev–Trinajstić information content (AvgIpc) is 2.43. The predicted molar refractivity (Wildman–Crippen MR) is 90.6 cm³/mol. The molecule has 0 aromatic heterocycles. The first kappa shape index (κ1) is 17.0. The van der Waals surface area contributed by atoms with Crippen molar-refractivity contribution >= 4 is 5.69 Å². The van der Waals surface area contributed by atoms with Gasteiger partial charge in [0.2, 0.25) is 0 Å². The third-order valence-electron chi connectivity index (χ3n) is 3.62. The Balaban J connectivity index is 2.17. The fourth-order valence-corrected chi connectivity index (χ4v) is 2.35. The minimum atomic E-state index is 0.757. The lowest BCUT2D eigenvalue weighted by molar-refractivity contribution is 0.529. The van der Waals surface area contributed by atoms with E-state index in [4.69, 9.17) is 0 Å². The number of anilines is 1. The molecule has 0 fully saturated rings. The molecule has 20 heavy (non-hydrogen) atoms. The molecular formula is C18H32N2. The van der Waals surface area contributed by atoms with Gasteiger partial charge in [-0.25, -0.2) is 0 Å². The molecule has 0 saturated carbocycles. The Bertz CT molecular complexity index is 343. The van der Waals surface area contributed by atoms with Gasteiger partial charge >= 0.3 is 0 Å². The van der Waals surface area contributed by atoms with E-state index in [1.807, 2.05) is 0 Å². The van der Waals surface area contributed by atoms with Crippen LogP contribution < -0.4 is 10.2 Å². The van der Waals surface area contributed by atoms with Crippen molar-refractivity contribution in [3.63, 3.8) is 0 Å². The predicted octanol–water partition coefficient (Wildman–Crippen LogP) is 4.24. The number of unbranched alkanes of at least 4 members (excludes halogenated alkanes) is 2. The van der Waals surface area contributed by atoms with E-state index in [-0.39, 0.29) is 0 Å². The van der Waals surface area contributed by atoms with Crippen LogP contribution in [0.25, 0.3) is 0 Å². The van der Waals surface area contributed by atoms with Crippen LogP contribution in [0.3, 0.4) is 0 Å². The molecule has 0 heterocycles. The summed E-state index contributed by atoms with van der Waals surface area (Å²) in [6.45, 7) is 13.5. The standard InChI is InChI=1S/C18H32N2/c1-5-20(18-11-9-17(4)10-12-18)14-8-6-7-13-19-15-16(2)3/h9-12,16,19H,5-8,13-15H2,1-4H3. The number of aryl methyl sites for hydroxylation is 1. The summed E-state index contributed by atoms with van der Waals surface area (Å²) >= 11 is 0. The molecule has 0 spiro atoms. The summed E-state index contributed by atoms with van der Waals surface area (Å²) in [7, 11) is 0. The first-order valence-corrected chi connectivity index (χ1v) is 8.15. The van der Waals surface area contributed by atoms with E-state index >= 15 is 0 Å². The van der Waals surface area contributed by atoms with E-state index in [0.717, 1.165) is 25.6 Å². The molecule has 1 rings (SSSR count). The minimum absolute atomic E-state index is 0.757. The minimum Gasteiger partial charge on any atom is -0.372 e. The van der Waals surface area contributed by atoms with E-state index < -0.39 is 0 Å². The first-order chi connectivity index (χ1) is 9.63. The maximum atomic E-state index is 3.51. The van der Waals surface area contributed by atoms with E-state index in [1.54, 1.807) is 0 Å². The van der Waals surface area contributed by atoms with Gasteiger partial charge in [0.05, 0.1) is 0 Å². The monoisotopic (exact) mass is 276 g/mol. The van der Waals surface area contributed by atoms with E-state index in [2.05, 4.69) is 62.2 Å². The van der Waals surface area contributed by atoms with Gasteiger partial charge in [-0.15, -0.1) is 0 Å². The van der Waals surface area contributed by atoms with Gasteiger partial charge in [-0.1, -0.05) is 38.0 Å². The molecule has 0 aliphatic rings. The van der Waals surface area contributed by atoms with Crippen molar-refractivity contribution in [3.8, 4) is 0 Å². The summed E-state index contributed by atoms with van der Waals surface area (Å²) in [6.07, 6.45) is 3.89. The maximum Gasteiger partial charge on any atom is 0.0366 e. The van der Waals surface area contributed by atoms with Crippen molar-refractivity contribution in [2.45, 2.75) is 47.0 Å². The van der Waals surface area contributed by atoms with Gasteiger partial charge in [0.25, 0.3) is 0 Å². The van der Waals surface area contributed by atoms with Gasteiger partial charge in [-0.3, -0.25) is 0 Å². The van der Waals surface area contributed by atoms with E-state index in [1.165, 1.54) is 37.1 Å². The molecule has 1 aromatic rings. The second-order valence-corrected chi connectivity index (χ2v) is 6.07. The number of benzene rings is 1. The Hall–Kier alpha value is -1.02. The van der Waals surface area contributed by atoms with Gasteiger partial charge < -0.3 is 10.2 Å². The fraction of sp³-hybridized carbons (Fsp3) is 0.667. The largest absolute Gasteiger partial charge is 0.372 e. The number of hydrogen-bond donors (Lipinski definition) is 1. The van der Waals surface area contributed by atoms with Crippen molar-refractivity contribution in [3.05, 3.63) is 29.8 Å². The first-order valence-electron chi connectivity index (χ1n) is 8.15. The van der Waals surface area contributed by atoms with Crippen LogP contribution >= 0.6 is 0 Å². The third kappa shape index (κ3) is 6.95. The van der Waals surface area contributed by atoms with Crippen LogP contribution in [0.1, 0.15) is 45.6 Å². The van der Waals surface area contributed by atoms with Gasteiger partial charge in [-0.2, -0.15) is 0 Å². The second kappa shape index (κ2) is 9.82. The van der Waals surface area contributed by atoms with Crippen molar-refractivity contribution in [2.75, 3.05) is 31.1 Å². The number of hydrogen-bond acceptors (Lipinski definition) is 2. The van der Waals surface area contributed by atoms with Crippen LogP contribution in [0.2, 0.25) is 0 Å². The van der Waals surface area contributed by atoms with Crippen molar-refractivity contribution in [1.29, 1.82) is 0 Å². The molecule has 0 radical (unpaired) electrons. The van der Waals surface area contributed by atoms with Crippen LogP contribution in [0.4, 0.5) is 5.69 Å². The highest BCUT2D eigenvalue weighted by Gasteiger charge is 2.03. The Morgan fingerprint density at radius 1 is 1.05 bits per heavy atom.